The molecule has 180 valence electrons. The van der Waals surface area contributed by atoms with E-state index >= 15 is 0 Å². The topological polar surface area (TPSA) is 45.1 Å². The number of benzene rings is 2. The van der Waals surface area contributed by atoms with Crippen LogP contribution in [0.25, 0.3) is 0 Å². The molecule has 0 amide bonds. The van der Waals surface area contributed by atoms with Crippen LogP contribution in [0.15, 0.2) is 53.5 Å². The molecule has 1 saturated heterocycles. The van der Waals surface area contributed by atoms with E-state index in [0.717, 1.165) is 41.4 Å². The number of phenolic OH excluding ortho intramolecular Hbond substituents is 1. The van der Waals surface area contributed by atoms with E-state index in [1.54, 1.807) is 13.1 Å². The predicted octanol–water partition coefficient (Wildman–Crippen LogP) is 7.17. The van der Waals surface area contributed by atoms with E-state index < -0.39 is 0 Å². The maximum atomic E-state index is 10.2. The summed E-state index contributed by atoms with van der Waals surface area (Å²) in [6.07, 6.45) is 3.38. The molecule has 4 rings (SSSR count). The highest BCUT2D eigenvalue weighted by Crippen LogP contribution is 2.42. The molecule has 0 radical (unpaired) electrons. The molecule has 2 atom stereocenters. The zero-order chi connectivity index (χ0) is 24.5. The standard InChI is InChI=1S/C20H22ClNO2.C4H9N.C4H8/c1-13-4-7-19(18(23)10-13)24-20-16-12-15(21)6-5-14(16)11-17(20)22-8-2-3-9-22;1-4(2)5-3;1-4(2)3/h4-7,10,12,17,20,23H,2-3,8-9,11H2,1H3;1-3H3;1H2,2-3H3/t17?,20-;;/m0../s1. The lowest BCUT2D eigenvalue weighted by Gasteiger charge is -2.30. The lowest BCUT2D eigenvalue weighted by atomic mass is 10.1. The van der Waals surface area contributed by atoms with Crippen molar-refractivity contribution in [3.8, 4) is 11.5 Å². The molecular weight excluding hydrogens is 432 g/mol. The van der Waals surface area contributed by atoms with Crippen LogP contribution in [0.4, 0.5) is 0 Å². The van der Waals surface area contributed by atoms with Crippen molar-refractivity contribution in [1.82, 2.24) is 4.90 Å². The van der Waals surface area contributed by atoms with Crippen LogP contribution in [-0.2, 0) is 6.42 Å². The summed E-state index contributed by atoms with van der Waals surface area (Å²) in [5.74, 6) is 0.744. The monoisotopic (exact) mass is 470 g/mol. The van der Waals surface area contributed by atoms with Gasteiger partial charge in [0.05, 0.1) is 6.04 Å². The predicted molar refractivity (Wildman–Crippen MR) is 141 cm³/mol. The fourth-order valence-electron chi connectivity index (χ4n) is 3.96. The molecule has 1 N–H and O–H groups in total. The fourth-order valence-corrected chi connectivity index (χ4v) is 4.14. The van der Waals surface area contributed by atoms with Gasteiger partial charge < -0.3 is 9.84 Å². The minimum Gasteiger partial charge on any atom is -0.504 e. The number of likely N-dealkylation sites (tertiary alicyclic amines) is 1. The number of aliphatic imine (C=N–C) groups is 1. The maximum absolute atomic E-state index is 10.2. The number of nitrogens with zero attached hydrogens (tertiary/aromatic N) is 2. The Morgan fingerprint density at radius 1 is 1.09 bits per heavy atom. The number of aryl methyl sites for hydroxylation is 1. The lowest BCUT2D eigenvalue weighted by molar-refractivity contribution is 0.0916. The van der Waals surface area contributed by atoms with Crippen LogP contribution in [0.1, 0.15) is 63.3 Å². The van der Waals surface area contributed by atoms with E-state index in [1.165, 1.54) is 24.0 Å². The normalized spacial score (nSPS) is 18.9. The molecule has 1 aliphatic carbocycles. The second-order valence-electron chi connectivity index (χ2n) is 9.25. The Hall–Kier alpha value is -2.30. The van der Waals surface area contributed by atoms with E-state index in [1.807, 2.05) is 58.9 Å². The third-order valence-electron chi connectivity index (χ3n) is 5.62. The van der Waals surface area contributed by atoms with Crippen LogP contribution in [0.3, 0.4) is 0 Å². The van der Waals surface area contributed by atoms with Gasteiger partial charge in [0.2, 0.25) is 0 Å². The van der Waals surface area contributed by atoms with E-state index in [-0.39, 0.29) is 11.9 Å². The Morgan fingerprint density at radius 3 is 2.24 bits per heavy atom. The number of fused-ring (bicyclic) bond motifs is 1. The van der Waals surface area contributed by atoms with Crippen molar-refractivity contribution in [1.29, 1.82) is 0 Å². The van der Waals surface area contributed by atoms with Gasteiger partial charge in [0, 0.05) is 17.8 Å². The van der Waals surface area contributed by atoms with Crippen LogP contribution in [-0.4, -0.2) is 41.9 Å². The third-order valence-corrected chi connectivity index (χ3v) is 5.85. The van der Waals surface area contributed by atoms with E-state index in [0.29, 0.717) is 11.8 Å². The van der Waals surface area contributed by atoms with Crippen LogP contribution < -0.4 is 4.74 Å². The molecule has 2 aromatic rings. The molecule has 0 aromatic heterocycles. The summed E-state index contributed by atoms with van der Waals surface area (Å²) in [5, 5.41) is 11.0. The van der Waals surface area contributed by atoms with Gasteiger partial charge in [-0.1, -0.05) is 29.3 Å². The molecule has 0 saturated carbocycles. The SMILES string of the molecule is C=C(C)C.CN=C(C)C.Cc1ccc(O[C@H]2c3cc(Cl)ccc3CC2N2CCCC2)c(O)c1. The Labute approximate surface area is 205 Å². The smallest absolute Gasteiger partial charge is 0.161 e. The van der Waals surface area contributed by atoms with Gasteiger partial charge in [-0.3, -0.25) is 9.89 Å². The molecule has 4 nitrogen and oxygen atoms in total. The van der Waals surface area contributed by atoms with Crippen LogP contribution >= 0.6 is 11.6 Å². The molecule has 1 aliphatic heterocycles. The van der Waals surface area contributed by atoms with Gasteiger partial charge in [-0.25, -0.2) is 0 Å². The summed E-state index contributed by atoms with van der Waals surface area (Å²) in [6.45, 7) is 15.6. The number of hydrogen-bond donors (Lipinski definition) is 1. The average molecular weight is 471 g/mol. The highest BCUT2D eigenvalue weighted by Gasteiger charge is 2.39. The first kappa shape index (κ1) is 26.9. The Balaban J connectivity index is 0.000000368. The van der Waals surface area contributed by atoms with Gasteiger partial charge in [-0.2, -0.15) is 0 Å². The van der Waals surface area contributed by atoms with Crippen molar-refractivity contribution >= 4 is 17.3 Å². The highest BCUT2D eigenvalue weighted by atomic mass is 35.5. The van der Waals surface area contributed by atoms with Crippen molar-refractivity contribution in [2.75, 3.05) is 20.1 Å². The summed E-state index contributed by atoms with van der Waals surface area (Å²) < 4.78 is 6.32. The number of phenols is 1. The van der Waals surface area contributed by atoms with Crippen molar-refractivity contribution in [3.05, 3.63) is 70.3 Å². The van der Waals surface area contributed by atoms with E-state index in [9.17, 15) is 5.11 Å². The molecule has 33 heavy (non-hydrogen) atoms. The summed E-state index contributed by atoms with van der Waals surface area (Å²) in [4.78, 5) is 6.32. The molecular formula is C28H39ClN2O2. The number of halogens is 1. The fraction of sp³-hybridized carbons (Fsp3) is 0.464. The van der Waals surface area contributed by atoms with Gasteiger partial charge in [0.1, 0.15) is 6.10 Å². The molecule has 2 aromatic carbocycles. The van der Waals surface area contributed by atoms with Crippen molar-refractivity contribution < 1.29 is 9.84 Å². The zero-order valence-electron chi connectivity index (χ0n) is 21.0. The van der Waals surface area contributed by atoms with Gasteiger partial charge in [0.15, 0.2) is 11.5 Å². The molecule has 1 heterocycles. The van der Waals surface area contributed by atoms with Crippen LogP contribution in [0.2, 0.25) is 5.02 Å². The molecule has 2 aliphatic rings. The van der Waals surface area contributed by atoms with Crippen molar-refractivity contribution in [3.63, 3.8) is 0 Å². The van der Waals surface area contributed by atoms with Crippen LogP contribution in [0.5, 0.6) is 11.5 Å². The molecule has 0 bridgehead atoms. The summed E-state index contributed by atoms with van der Waals surface area (Å²) in [7, 11) is 1.79. The average Bonchev–Trinajstić information content (AvgIpc) is 3.38. The van der Waals surface area contributed by atoms with Gasteiger partial charge in [0.25, 0.3) is 0 Å². The van der Waals surface area contributed by atoms with Gasteiger partial charge >= 0.3 is 0 Å². The molecule has 1 unspecified atom stereocenters. The Bertz CT molecular complexity index is 956. The molecule has 0 spiro atoms. The van der Waals surface area contributed by atoms with Gasteiger partial charge in [-0.15, -0.1) is 6.58 Å². The Kier molecular flexibility index (Phi) is 10.5. The van der Waals surface area contributed by atoms with Crippen molar-refractivity contribution in [2.45, 2.75) is 66.0 Å². The number of aromatic hydroxyl groups is 1. The lowest BCUT2D eigenvalue weighted by Crippen LogP contribution is -2.38. The molecule has 5 heteroatoms. The zero-order valence-corrected chi connectivity index (χ0v) is 21.7. The molecule has 1 fully saturated rings. The summed E-state index contributed by atoms with van der Waals surface area (Å²) in [5.41, 5.74) is 5.77. The van der Waals surface area contributed by atoms with Crippen molar-refractivity contribution in [2.24, 2.45) is 4.99 Å². The first-order chi connectivity index (χ1) is 15.6. The second kappa shape index (κ2) is 12.8. The minimum absolute atomic E-state index is 0.0922. The summed E-state index contributed by atoms with van der Waals surface area (Å²) in [6, 6.07) is 12.0. The number of hydrogen-bond acceptors (Lipinski definition) is 4. The van der Waals surface area contributed by atoms with E-state index in [4.69, 9.17) is 16.3 Å². The first-order valence-corrected chi connectivity index (χ1v) is 12.0. The van der Waals surface area contributed by atoms with Crippen LogP contribution in [0, 0.1) is 6.92 Å². The first-order valence-electron chi connectivity index (χ1n) is 11.6. The number of rotatable bonds is 3. The highest BCUT2D eigenvalue weighted by molar-refractivity contribution is 6.30. The summed E-state index contributed by atoms with van der Waals surface area (Å²) >= 11 is 6.23. The number of ether oxygens (including phenoxy) is 1. The largest absolute Gasteiger partial charge is 0.504 e. The third kappa shape index (κ3) is 8.21. The maximum Gasteiger partial charge on any atom is 0.161 e. The number of allylic oxidation sites excluding steroid dienone is 1. The quantitative estimate of drug-likeness (QED) is 0.381. The van der Waals surface area contributed by atoms with E-state index in [2.05, 4.69) is 22.5 Å². The van der Waals surface area contributed by atoms with Gasteiger partial charge in [-0.05, 0) is 108 Å². The Morgan fingerprint density at radius 2 is 1.70 bits per heavy atom. The minimum atomic E-state index is -0.0922. The second-order valence-corrected chi connectivity index (χ2v) is 9.68.